The molecular weight excluding hydrogens is 467 g/mol. The Hall–Kier alpha value is -4.51. The van der Waals surface area contributed by atoms with Crippen LogP contribution in [0.3, 0.4) is 0 Å². The average molecular weight is 485 g/mol. The first-order valence-electron chi connectivity index (χ1n) is 10.8. The molecule has 172 valence electrons. The van der Waals surface area contributed by atoms with Gasteiger partial charge in [0.15, 0.2) is 11.6 Å². The summed E-state index contributed by atoms with van der Waals surface area (Å²) in [7, 11) is 0. The second-order valence-electron chi connectivity index (χ2n) is 7.83. The van der Waals surface area contributed by atoms with Gasteiger partial charge in [-0.05, 0) is 28.5 Å². The number of hydrogen-bond acceptors (Lipinski definition) is 7. The zero-order chi connectivity index (χ0) is 23.9. The third kappa shape index (κ3) is 3.62. The summed E-state index contributed by atoms with van der Waals surface area (Å²) >= 11 is 1.59. The largest absolute Gasteiger partial charge is 0.335 e. The van der Waals surface area contributed by atoms with Crippen molar-refractivity contribution in [3.8, 4) is 33.9 Å². The fraction of sp³-hybridized carbons (Fsp3) is 0.0833. The van der Waals surface area contributed by atoms with Gasteiger partial charge in [-0.3, -0.25) is 24.8 Å². The number of hydrogen-bond donors (Lipinski definition) is 3. The van der Waals surface area contributed by atoms with Gasteiger partial charge in [0.2, 0.25) is 5.91 Å². The fourth-order valence-electron chi connectivity index (χ4n) is 3.91. The maximum Gasteiger partial charge on any atom is 0.224 e. The van der Waals surface area contributed by atoms with Crippen LogP contribution in [0.2, 0.25) is 0 Å². The van der Waals surface area contributed by atoms with Crippen molar-refractivity contribution in [2.24, 2.45) is 0 Å². The van der Waals surface area contributed by atoms with Crippen molar-refractivity contribution in [3.63, 3.8) is 0 Å². The van der Waals surface area contributed by atoms with Gasteiger partial charge in [-0.15, -0.1) is 0 Å². The van der Waals surface area contributed by atoms with E-state index in [-0.39, 0.29) is 17.0 Å². The molecule has 6 aromatic heterocycles. The molecule has 0 aliphatic rings. The van der Waals surface area contributed by atoms with Crippen LogP contribution in [0.15, 0.2) is 53.9 Å². The maximum atomic E-state index is 15.9. The summed E-state index contributed by atoms with van der Waals surface area (Å²) in [4.78, 5) is 32.4. The van der Waals surface area contributed by atoms with Crippen LogP contribution in [0.4, 0.5) is 10.1 Å². The molecule has 0 fully saturated rings. The molecule has 0 aromatic carbocycles. The number of carbonyl (C=O) groups excluding carboxylic acids is 1. The number of nitrogens with zero attached hydrogens (tertiary/aromatic N) is 5. The van der Waals surface area contributed by atoms with Gasteiger partial charge in [-0.2, -0.15) is 16.4 Å². The number of rotatable bonds is 5. The lowest BCUT2D eigenvalue weighted by Gasteiger charge is -2.07. The number of amides is 1. The highest BCUT2D eigenvalue weighted by atomic mass is 32.1. The topological polar surface area (TPSA) is 125 Å². The number of halogens is 1. The quantitative estimate of drug-likeness (QED) is 0.310. The van der Waals surface area contributed by atoms with E-state index in [1.807, 2.05) is 16.8 Å². The SMILES string of the molecule is CCC(=O)Nc1cncc(-c2ncc3[nH]nc(-c4nc5c(-c6ccsc6)cncc5[nH]4)c3c2F)c1. The Kier molecular flexibility index (Phi) is 5.03. The Morgan fingerprint density at radius 2 is 1.97 bits per heavy atom. The molecule has 6 rings (SSSR count). The standard InChI is InChI=1S/C24H17FN8OS/c1-2-18(34)29-14-5-13(6-26-7-14)21-20(25)19-16(10-28-21)32-33-23(19)24-30-17-9-27-8-15(22(17)31-24)12-3-4-35-11-12/h3-11H,2H2,1H3,(H,29,34)(H,30,31)(H,32,33). The van der Waals surface area contributed by atoms with E-state index in [9.17, 15) is 4.79 Å². The minimum Gasteiger partial charge on any atom is -0.335 e. The first-order chi connectivity index (χ1) is 17.1. The monoisotopic (exact) mass is 484 g/mol. The fourth-order valence-corrected chi connectivity index (χ4v) is 4.57. The molecule has 9 nitrogen and oxygen atoms in total. The number of nitrogens with one attached hydrogen (secondary N) is 3. The van der Waals surface area contributed by atoms with E-state index in [1.165, 1.54) is 18.6 Å². The summed E-state index contributed by atoms with van der Waals surface area (Å²) in [5.74, 6) is -0.316. The van der Waals surface area contributed by atoms with E-state index < -0.39 is 5.82 Å². The number of anilines is 1. The van der Waals surface area contributed by atoms with Gasteiger partial charge < -0.3 is 10.3 Å². The Bertz CT molecular complexity index is 1710. The Morgan fingerprint density at radius 1 is 1.09 bits per heavy atom. The number of imidazole rings is 1. The Labute approximate surface area is 201 Å². The number of aromatic amines is 2. The zero-order valence-corrected chi connectivity index (χ0v) is 19.2. The summed E-state index contributed by atoms with van der Waals surface area (Å²) in [5.41, 5.74) is 5.09. The second-order valence-corrected chi connectivity index (χ2v) is 8.61. The molecular formula is C24H17FN8OS. The lowest BCUT2D eigenvalue weighted by atomic mass is 10.1. The highest BCUT2D eigenvalue weighted by molar-refractivity contribution is 7.08. The summed E-state index contributed by atoms with van der Waals surface area (Å²) < 4.78 is 15.9. The van der Waals surface area contributed by atoms with Crippen molar-refractivity contribution in [2.45, 2.75) is 13.3 Å². The molecule has 0 bridgehead atoms. The molecule has 0 aliphatic heterocycles. The third-order valence-electron chi connectivity index (χ3n) is 5.61. The molecule has 0 radical (unpaired) electrons. The molecule has 35 heavy (non-hydrogen) atoms. The molecule has 0 atom stereocenters. The van der Waals surface area contributed by atoms with Crippen LogP contribution in [-0.2, 0) is 4.79 Å². The number of H-pyrrole nitrogens is 2. The second kappa shape index (κ2) is 8.37. The lowest BCUT2D eigenvalue weighted by Crippen LogP contribution is -2.09. The van der Waals surface area contributed by atoms with Gasteiger partial charge in [-0.1, -0.05) is 6.92 Å². The van der Waals surface area contributed by atoms with E-state index in [0.29, 0.717) is 34.7 Å². The van der Waals surface area contributed by atoms with Crippen molar-refractivity contribution in [2.75, 3.05) is 5.32 Å². The number of pyridine rings is 3. The van der Waals surface area contributed by atoms with Crippen molar-refractivity contribution in [1.29, 1.82) is 0 Å². The van der Waals surface area contributed by atoms with E-state index in [4.69, 9.17) is 4.98 Å². The van der Waals surface area contributed by atoms with Crippen LogP contribution in [0, 0.1) is 5.82 Å². The number of fused-ring (bicyclic) bond motifs is 2. The van der Waals surface area contributed by atoms with E-state index >= 15 is 4.39 Å². The van der Waals surface area contributed by atoms with Gasteiger partial charge in [-0.25, -0.2) is 9.37 Å². The summed E-state index contributed by atoms with van der Waals surface area (Å²) in [6.45, 7) is 1.75. The Balaban J connectivity index is 1.48. The number of thiophene rings is 1. The van der Waals surface area contributed by atoms with E-state index in [0.717, 1.165) is 22.2 Å². The molecule has 0 spiro atoms. The van der Waals surface area contributed by atoms with Crippen LogP contribution in [0.25, 0.3) is 55.8 Å². The normalized spacial score (nSPS) is 11.4. The Morgan fingerprint density at radius 3 is 2.80 bits per heavy atom. The predicted molar refractivity (Wildman–Crippen MR) is 132 cm³/mol. The van der Waals surface area contributed by atoms with Gasteiger partial charge >= 0.3 is 0 Å². The molecule has 0 saturated heterocycles. The molecule has 3 N–H and O–H groups in total. The van der Waals surface area contributed by atoms with Crippen LogP contribution in [0.1, 0.15) is 13.3 Å². The van der Waals surface area contributed by atoms with Crippen molar-refractivity contribution in [1.82, 2.24) is 35.1 Å². The highest BCUT2D eigenvalue weighted by Gasteiger charge is 2.21. The predicted octanol–water partition coefficient (Wildman–Crippen LogP) is 5.17. The van der Waals surface area contributed by atoms with Crippen molar-refractivity contribution < 1.29 is 9.18 Å². The first kappa shape index (κ1) is 21.1. The molecule has 0 saturated carbocycles. The summed E-state index contributed by atoms with van der Waals surface area (Å²) in [6.07, 6.45) is 8.28. The van der Waals surface area contributed by atoms with Crippen molar-refractivity contribution >= 4 is 44.9 Å². The maximum absolute atomic E-state index is 15.9. The molecule has 1 amide bonds. The summed E-state index contributed by atoms with van der Waals surface area (Å²) in [6, 6.07) is 3.64. The third-order valence-corrected chi connectivity index (χ3v) is 6.29. The van der Waals surface area contributed by atoms with Crippen LogP contribution >= 0.6 is 11.3 Å². The van der Waals surface area contributed by atoms with E-state index in [2.05, 4.69) is 35.5 Å². The number of aromatic nitrogens is 7. The van der Waals surface area contributed by atoms with Crippen LogP contribution in [0.5, 0.6) is 0 Å². The van der Waals surface area contributed by atoms with E-state index in [1.54, 1.807) is 36.7 Å². The van der Waals surface area contributed by atoms with Gasteiger partial charge in [0.1, 0.15) is 16.9 Å². The molecule has 0 aliphatic carbocycles. The molecule has 6 heterocycles. The minimum absolute atomic E-state index is 0.0944. The number of carbonyl (C=O) groups is 1. The molecule has 0 unspecified atom stereocenters. The first-order valence-corrected chi connectivity index (χ1v) is 11.7. The van der Waals surface area contributed by atoms with Crippen LogP contribution in [-0.4, -0.2) is 41.0 Å². The van der Waals surface area contributed by atoms with Crippen molar-refractivity contribution in [3.05, 3.63) is 59.7 Å². The van der Waals surface area contributed by atoms with Gasteiger partial charge in [0, 0.05) is 29.9 Å². The molecule has 11 heteroatoms. The summed E-state index contributed by atoms with van der Waals surface area (Å²) in [5, 5.41) is 14.2. The zero-order valence-electron chi connectivity index (χ0n) is 18.3. The van der Waals surface area contributed by atoms with Crippen LogP contribution < -0.4 is 5.32 Å². The lowest BCUT2D eigenvalue weighted by molar-refractivity contribution is -0.115. The smallest absolute Gasteiger partial charge is 0.224 e. The van der Waals surface area contributed by atoms with Gasteiger partial charge in [0.25, 0.3) is 0 Å². The highest BCUT2D eigenvalue weighted by Crippen LogP contribution is 2.34. The molecule has 6 aromatic rings. The van der Waals surface area contributed by atoms with Gasteiger partial charge in [0.05, 0.1) is 40.7 Å². The minimum atomic E-state index is -0.566. The average Bonchev–Trinajstić information content (AvgIpc) is 3.63.